The average molecular weight is 676 g/mol. The third kappa shape index (κ3) is 5.46. The Bertz CT molecular complexity index is 1490. The highest BCUT2D eigenvalue weighted by Gasteiger charge is 2.79. The molecule has 0 bridgehead atoms. The van der Waals surface area contributed by atoms with Crippen molar-refractivity contribution in [2.24, 2.45) is 17.3 Å². The Morgan fingerprint density at radius 3 is 2.19 bits per heavy atom. The van der Waals surface area contributed by atoms with E-state index in [9.17, 15) is 27.9 Å². The van der Waals surface area contributed by atoms with Gasteiger partial charge in [0.15, 0.2) is 5.78 Å². The molecule has 0 aromatic heterocycles. The number of amides is 1. The summed E-state index contributed by atoms with van der Waals surface area (Å²) in [5.41, 5.74) is -0.737. The Kier molecular flexibility index (Phi) is 8.67. The fourth-order valence-electron chi connectivity index (χ4n) is 10.2. The highest BCUT2D eigenvalue weighted by Crippen LogP contribution is 2.70. The van der Waals surface area contributed by atoms with Crippen molar-refractivity contribution in [1.82, 2.24) is 14.7 Å². The van der Waals surface area contributed by atoms with Crippen LogP contribution in [0.2, 0.25) is 0 Å². The summed E-state index contributed by atoms with van der Waals surface area (Å²) in [4.78, 5) is 32.6. The standard InChI is InChI=1S/C37H46F5N3O3/c1-34-23-30(24-4-6-25(7-5-24)33(47)45-20-18-44(19-21-45)17-16-43-14-2-3-15-43)32-28-11-9-27(46)22-26(28)8-10-29(32)31(34)12-13-35(34,48)36(38,39)37(40,41)42/h4-7,22,29-31,48H,2-3,8-21,23H2,1H3/t29-,30+,31-,34-,35-/m0/s1. The zero-order valence-corrected chi connectivity index (χ0v) is 27.6. The van der Waals surface area contributed by atoms with Crippen molar-refractivity contribution in [3.63, 3.8) is 0 Å². The third-order valence-corrected chi connectivity index (χ3v) is 12.9. The van der Waals surface area contributed by atoms with Gasteiger partial charge in [-0.05, 0) is 111 Å². The number of nitrogens with zero attached hydrogens (tertiary/aromatic N) is 3. The predicted octanol–water partition coefficient (Wildman–Crippen LogP) is 6.37. The van der Waals surface area contributed by atoms with Gasteiger partial charge < -0.3 is 14.9 Å². The summed E-state index contributed by atoms with van der Waals surface area (Å²) in [7, 11) is 0. The normalized spacial score (nSPS) is 33.4. The van der Waals surface area contributed by atoms with Crippen molar-refractivity contribution in [2.75, 3.05) is 52.4 Å². The molecule has 5 atom stereocenters. The van der Waals surface area contributed by atoms with E-state index in [0.717, 1.165) is 61.6 Å². The molecule has 4 aliphatic carbocycles. The van der Waals surface area contributed by atoms with Crippen molar-refractivity contribution in [3.8, 4) is 0 Å². The third-order valence-electron chi connectivity index (χ3n) is 12.9. The number of rotatable bonds is 6. The molecule has 6 nitrogen and oxygen atoms in total. The van der Waals surface area contributed by atoms with E-state index in [0.29, 0.717) is 44.3 Å². The lowest BCUT2D eigenvalue weighted by molar-refractivity contribution is -0.362. The molecule has 1 amide bonds. The van der Waals surface area contributed by atoms with Gasteiger partial charge in [-0.25, -0.2) is 0 Å². The minimum Gasteiger partial charge on any atom is -0.383 e. The molecule has 1 N–H and O–H groups in total. The molecule has 48 heavy (non-hydrogen) atoms. The van der Waals surface area contributed by atoms with Crippen LogP contribution in [0.3, 0.4) is 0 Å². The SMILES string of the molecule is C[C@]12C[C@H](c3ccc(C(=O)N4CCN(CCN5CCCC5)CC4)cc3)C3=C4CCC(=O)C=C4CC[C@H]3[C@@H]1CC[C@@]2(O)C(F)(F)C(F)(F)F. The van der Waals surface area contributed by atoms with E-state index >= 15 is 8.78 Å². The average Bonchev–Trinajstić information content (AvgIpc) is 3.69. The van der Waals surface area contributed by atoms with Crippen molar-refractivity contribution in [1.29, 1.82) is 0 Å². The number of carbonyl (C=O) groups is 2. The first-order valence-electron chi connectivity index (χ1n) is 17.7. The van der Waals surface area contributed by atoms with Crippen LogP contribution in [0, 0.1) is 17.3 Å². The lowest BCUT2D eigenvalue weighted by atomic mass is 9.50. The molecule has 2 saturated heterocycles. The van der Waals surface area contributed by atoms with E-state index < -0.39 is 41.4 Å². The summed E-state index contributed by atoms with van der Waals surface area (Å²) in [5.74, 6) is -6.68. The number of alkyl halides is 5. The summed E-state index contributed by atoms with van der Waals surface area (Å²) >= 11 is 0. The number of hydrogen-bond acceptors (Lipinski definition) is 5. The molecule has 2 aliphatic heterocycles. The van der Waals surface area contributed by atoms with E-state index in [-0.39, 0.29) is 30.4 Å². The quantitative estimate of drug-likeness (QED) is 0.356. The van der Waals surface area contributed by atoms with Crippen LogP contribution in [0.4, 0.5) is 22.0 Å². The van der Waals surface area contributed by atoms with Crippen molar-refractivity contribution >= 4 is 11.7 Å². The van der Waals surface area contributed by atoms with E-state index in [2.05, 4.69) is 9.80 Å². The first-order chi connectivity index (χ1) is 22.7. The summed E-state index contributed by atoms with van der Waals surface area (Å²) in [6, 6.07) is 7.09. The minimum absolute atomic E-state index is 0.0420. The van der Waals surface area contributed by atoms with Gasteiger partial charge in [-0.1, -0.05) is 24.6 Å². The highest BCUT2D eigenvalue weighted by molar-refractivity contribution is 5.94. The number of aliphatic hydroxyl groups is 1. The Hall–Kier alpha value is -2.63. The second-order valence-electron chi connectivity index (χ2n) is 15.3. The predicted molar refractivity (Wildman–Crippen MR) is 171 cm³/mol. The molecular formula is C37H46F5N3O3. The van der Waals surface area contributed by atoms with Crippen molar-refractivity contribution in [2.45, 2.75) is 88.3 Å². The number of likely N-dealkylation sites (tertiary alicyclic amines) is 1. The zero-order chi connectivity index (χ0) is 34.1. The summed E-state index contributed by atoms with van der Waals surface area (Å²) < 4.78 is 72.2. The fraction of sp³-hybridized carbons (Fsp3) is 0.676. The van der Waals surface area contributed by atoms with Crippen LogP contribution in [0.1, 0.15) is 86.6 Å². The van der Waals surface area contributed by atoms with Crippen molar-refractivity contribution < 1.29 is 36.6 Å². The molecule has 4 fully saturated rings. The topological polar surface area (TPSA) is 64.1 Å². The Morgan fingerprint density at radius 2 is 1.54 bits per heavy atom. The molecule has 262 valence electrons. The van der Waals surface area contributed by atoms with Crippen LogP contribution >= 0.6 is 0 Å². The number of benzene rings is 1. The molecule has 0 spiro atoms. The second-order valence-corrected chi connectivity index (χ2v) is 15.3. The smallest absolute Gasteiger partial charge is 0.383 e. The number of halogens is 5. The number of allylic oxidation sites excluding steroid dienone is 4. The van der Waals surface area contributed by atoms with Gasteiger partial charge in [0.2, 0.25) is 0 Å². The molecule has 2 heterocycles. The van der Waals surface area contributed by atoms with E-state index in [1.165, 1.54) is 19.8 Å². The first-order valence-corrected chi connectivity index (χ1v) is 17.7. The summed E-state index contributed by atoms with van der Waals surface area (Å²) in [6.07, 6.45) is -0.402. The number of carbonyl (C=O) groups excluding carboxylic acids is 2. The Labute approximate surface area is 279 Å². The van der Waals surface area contributed by atoms with Gasteiger partial charge in [0.25, 0.3) is 5.91 Å². The van der Waals surface area contributed by atoms with Crippen LogP contribution in [-0.2, 0) is 4.79 Å². The van der Waals surface area contributed by atoms with Gasteiger partial charge in [0, 0.05) is 62.6 Å². The van der Waals surface area contributed by atoms with Gasteiger partial charge in [-0.2, -0.15) is 22.0 Å². The molecule has 1 aromatic rings. The minimum atomic E-state index is -5.89. The number of piperazine rings is 1. The fourth-order valence-corrected chi connectivity index (χ4v) is 10.2. The first kappa shape index (κ1) is 33.8. The molecule has 11 heteroatoms. The molecule has 0 unspecified atom stereocenters. The van der Waals surface area contributed by atoms with Crippen LogP contribution in [0.5, 0.6) is 0 Å². The van der Waals surface area contributed by atoms with E-state index in [4.69, 9.17) is 0 Å². The maximum Gasteiger partial charge on any atom is 0.456 e. The van der Waals surface area contributed by atoms with Gasteiger partial charge in [-0.15, -0.1) is 0 Å². The van der Waals surface area contributed by atoms with E-state index in [1.807, 2.05) is 4.90 Å². The Balaban J connectivity index is 1.15. The molecule has 1 aromatic carbocycles. The summed E-state index contributed by atoms with van der Waals surface area (Å²) in [6.45, 7) is 8.65. The lowest BCUT2D eigenvalue weighted by Crippen LogP contribution is -2.65. The zero-order valence-electron chi connectivity index (χ0n) is 27.6. The van der Waals surface area contributed by atoms with Gasteiger partial charge in [-0.3, -0.25) is 14.5 Å². The number of hydrogen-bond donors (Lipinski definition) is 1. The lowest BCUT2D eigenvalue weighted by Gasteiger charge is -2.56. The van der Waals surface area contributed by atoms with Gasteiger partial charge in [0.1, 0.15) is 5.60 Å². The maximum absolute atomic E-state index is 15.3. The van der Waals surface area contributed by atoms with Crippen molar-refractivity contribution in [3.05, 3.63) is 58.2 Å². The summed E-state index contributed by atoms with van der Waals surface area (Å²) in [5, 5.41) is 11.5. The molecular weight excluding hydrogens is 629 g/mol. The number of fused-ring (bicyclic) bond motifs is 4. The second kappa shape index (κ2) is 12.3. The molecule has 2 saturated carbocycles. The largest absolute Gasteiger partial charge is 0.456 e. The number of ketones is 1. The maximum atomic E-state index is 15.3. The van der Waals surface area contributed by atoms with Crippen LogP contribution < -0.4 is 0 Å². The Morgan fingerprint density at radius 1 is 0.896 bits per heavy atom. The van der Waals surface area contributed by atoms with E-state index in [1.54, 1.807) is 30.3 Å². The van der Waals surface area contributed by atoms with Crippen LogP contribution in [0.15, 0.2) is 47.1 Å². The van der Waals surface area contributed by atoms with Gasteiger partial charge >= 0.3 is 12.1 Å². The molecule has 0 radical (unpaired) electrons. The van der Waals surface area contributed by atoms with Crippen LogP contribution in [-0.4, -0.2) is 102 Å². The molecule has 7 rings (SSSR count). The molecule has 6 aliphatic rings. The van der Waals surface area contributed by atoms with Gasteiger partial charge in [0.05, 0.1) is 0 Å². The highest BCUT2D eigenvalue weighted by atomic mass is 19.4. The van der Waals surface area contributed by atoms with Crippen LogP contribution in [0.25, 0.3) is 0 Å². The monoisotopic (exact) mass is 675 g/mol.